The highest BCUT2D eigenvalue weighted by Crippen LogP contribution is 2.36. The summed E-state index contributed by atoms with van der Waals surface area (Å²) in [6.45, 7) is 0.229. The van der Waals surface area contributed by atoms with Gasteiger partial charge in [-0.2, -0.15) is 18.3 Å². The van der Waals surface area contributed by atoms with Crippen LogP contribution in [0.4, 0.5) is 23.7 Å². The maximum atomic E-state index is 13.4. The van der Waals surface area contributed by atoms with Crippen molar-refractivity contribution >= 4 is 17.7 Å². The van der Waals surface area contributed by atoms with Crippen molar-refractivity contribution in [1.29, 1.82) is 0 Å². The average Bonchev–Trinajstić information content (AvgIpc) is 2.97. The molecule has 4 N–H and O–H groups in total. The molecule has 140 valence electrons. The second-order valence-electron chi connectivity index (χ2n) is 5.54. The van der Waals surface area contributed by atoms with Crippen LogP contribution in [-0.2, 0) is 11.0 Å². The van der Waals surface area contributed by atoms with Crippen LogP contribution in [0.2, 0.25) is 0 Å². The standard InChI is InChI=1S/C15H15F3N4O4/c1-14(26,12(23)24)8-19-13(25)21-10-7-20-22(11(10)15(16,17)18)9-5-3-2-4-6-9/h2-7,26H,8H2,1H3,(H,23,24)(H2,19,21,25). The van der Waals surface area contributed by atoms with Crippen LogP contribution < -0.4 is 10.6 Å². The number of halogens is 3. The average molecular weight is 372 g/mol. The number of carboxylic acid groups (broad SMARTS) is 1. The number of anilines is 1. The highest BCUT2D eigenvalue weighted by molar-refractivity contribution is 5.90. The van der Waals surface area contributed by atoms with Crippen LogP contribution in [-0.4, -0.2) is 44.1 Å². The summed E-state index contributed by atoms with van der Waals surface area (Å²) < 4.78 is 40.9. The van der Waals surface area contributed by atoms with Crippen molar-refractivity contribution in [1.82, 2.24) is 15.1 Å². The number of nitrogens with one attached hydrogen (secondary N) is 2. The van der Waals surface area contributed by atoms with Gasteiger partial charge in [-0.15, -0.1) is 0 Å². The fourth-order valence-corrected chi connectivity index (χ4v) is 1.97. The molecule has 0 saturated carbocycles. The fraction of sp³-hybridized carbons (Fsp3) is 0.267. The Morgan fingerprint density at radius 3 is 2.38 bits per heavy atom. The first kappa shape index (κ1) is 19.2. The third kappa shape index (κ3) is 4.30. The number of amides is 2. The normalized spacial score (nSPS) is 13.7. The van der Waals surface area contributed by atoms with E-state index in [1.807, 2.05) is 10.6 Å². The molecule has 26 heavy (non-hydrogen) atoms. The molecule has 1 aromatic heterocycles. The van der Waals surface area contributed by atoms with Crippen LogP contribution in [0.1, 0.15) is 12.6 Å². The SMILES string of the molecule is CC(O)(CNC(=O)Nc1cnn(-c2ccccc2)c1C(F)(F)F)C(=O)O. The van der Waals surface area contributed by atoms with Crippen molar-refractivity contribution in [2.75, 3.05) is 11.9 Å². The number of benzene rings is 1. The van der Waals surface area contributed by atoms with E-state index in [1.54, 1.807) is 6.07 Å². The molecular weight excluding hydrogens is 357 g/mol. The summed E-state index contributed by atoms with van der Waals surface area (Å²) in [6.07, 6.45) is -3.99. The zero-order valence-electron chi connectivity index (χ0n) is 13.4. The minimum Gasteiger partial charge on any atom is -0.479 e. The summed E-state index contributed by atoms with van der Waals surface area (Å²) >= 11 is 0. The molecule has 1 aromatic carbocycles. The van der Waals surface area contributed by atoms with Gasteiger partial charge in [-0.1, -0.05) is 18.2 Å². The summed E-state index contributed by atoms with van der Waals surface area (Å²) in [5.41, 5.74) is -3.95. The molecule has 0 fully saturated rings. The molecule has 0 radical (unpaired) electrons. The summed E-state index contributed by atoms with van der Waals surface area (Å²) in [6, 6.07) is 6.40. The van der Waals surface area contributed by atoms with Gasteiger partial charge in [0.05, 0.1) is 24.1 Å². The van der Waals surface area contributed by atoms with Gasteiger partial charge in [0.1, 0.15) is 0 Å². The van der Waals surface area contributed by atoms with Crippen LogP contribution in [0.25, 0.3) is 5.69 Å². The molecule has 0 aliphatic carbocycles. The molecule has 11 heteroatoms. The first-order chi connectivity index (χ1) is 12.0. The zero-order chi connectivity index (χ0) is 19.5. The third-order valence-corrected chi connectivity index (χ3v) is 3.34. The van der Waals surface area contributed by atoms with Crippen molar-refractivity contribution < 1.29 is 33.0 Å². The second-order valence-corrected chi connectivity index (χ2v) is 5.54. The van der Waals surface area contributed by atoms with Crippen molar-refractivity contribution in [3.05, 3.63) is 42.2 Å². The topological polar surface area (TPSA) is 116 Å². The maximum absolute atomic E-state index is 13.4. The van der Waals surface area contributed by atoms with Crippen molar-refractivity contribution in [3.8, 4) is 5.69 Å². The Balaban J connectivity index is 2.24. The summed E-state index contributed by atoms with van der Waals surface area (Å²) in [4.78, 5) is 22.5. The van der Waals surface area contributed by atoms with Gasteiger partial charge in [-0.3, -0.25) is 0 Å². The van der Waals surface area contributed by atoms with E-state index in [1.165, 1.54) is 24.3 Å². The Morgan fingerprint density at radius 1 is 1.23 bits per heavy atom. The highest BCUT2D eigenvalue weighted by atomic mass is 19.4. The number of aliphatic hydroxyl groups is 1. The highest BCUT2D eigenvalue weighted by Gasteiger charge is 2.39. The molecule has 8 nitrogen and oxygen atoms in total. The molecule has 0 bridgehead atoms. The van der Waals surface area contributed by atoms with Crippen LogP contribution in [0.3, 0.4) is 0 Å². The van der Waals surface area contributed by atoms with Gasteiger partial charge < -0.3 is 20.8 Å². The first-order valence-corrected chi connectivity index (χ1v) is 7.23. The Kier molecular flexibility index (Phi) is 5.21. The van der Waals surface area contributed by atoms with Crippen molar-refractivity contribution in [2.24, 2.45) is 0 Å². The molecule has 0 spiro atoms. The number of carbonyl (C=O) groups excluding carboxylic acids is 1. The molecule has 1 unspecified atom stereocenters. The Morgan fingerprint density at radius 2 is 1.85 bits per heavy atom. The fourth-order valence-electron chi connectivity index (χ4n) is 1.97. The number of hydrogen-bond donors (Lipinski definition) is 4. The Hall–Kier alpha value is -3.08. The molecule has 2 amide bonds. The maximum Gasteiger partial charge on any atom is 0.435 e. The molecule has 0 saturated heterocycles. The van der Waals surface area contributed by atoms with Gasteiger partial charge in [-0.05, 0) is 19.1 Å². The van der Waals surface area contributed by atoms with Gasteiger partial charge in [0.25, 0.3) is 0 Å². The number of carboxylic acids is 1. The number of aromatic nitrogens is 2. The van der Waals surface area contributed by atoms with Crippen molar-refractivity contribution in [3.63, 3.8) is 0 Å². The van der Waals surface area contributed by atoms with Gasteiger partial charge >= 0.3 is 18.2 Å². The first-order valence-electron chi connectivity index (χ1n) is 7.23. The van der Waals surface area contributed by atoms with E-state index in [-0.39, 0.29) is 5.69 Å². The lowest BCUT2D eigenvalue weighted by molar-refractivity contribution is -0.155. The van der Waals surface area contributed by atoms with Crippen LogP contribution >= 0.6 is 0 Å². The predicted octanol–water partition coefficient (Wildman–Crippen LogP) is 1.85. The molecule has 1 atom stereocenters. The summed E-state index contributed by atoms with van der Waals surface area (Å²) in [5.74, 6) is -1.59. The van der Waals surface area contributed by atoms with Crippen LogP contribution in [0.15, 0.2) is 36.5 Å². The number of carbonyl (C=O) groups is 2. The molecular formula is C15H15F3N4O4. The third-order valence-electron chi connectivity index (χ3n) is 3.34. The van der Waals surface area contributed by atoms with Crippen LogP contribution in [0.5, 0.6) is 0 Å². The largest absolute Gasteiger partial charge is 0.479 e. The predicted molar refractivity (Wildman–Crippen MR) is 83.8 cm³/mol. The minimum atomic E-state index is -4.82. The van der Waals surface area contributed by atoms with E-state index in [0.29, 0.717) is 4.68 Å². The molecule has 0 aliphatic rings. The minimum absolute atomic E-state index is 0.141. The van der Waals surface area contributed by atoms with Gasteiger partial charge in [0.2, 0.25) is 0 Å². The smallest absolute Gasteiger partial charge is 0.435 e. The van der Waals surface area contributed by atoms with Crippen LogP contribution in [0, 0.1) is 0 Å². The molecule has 0 aliphatic heterocycles. The lowest BCUT2D eigenvalue weighted by atomic mass is 10.1. The van der Waals surface area contributed by atoms with Gasteiger partial charge in [0.15, 0.2) is 11.3 Å². The number of rotatable bonds is 5. The molecule has 2 rings (SSSR count). The zero-order valence-corrected chi connectivity index (χ0v) is 13.4. The number of para-hydroxylation sites is 1. The van der Waals surface area contributed by atoms with Gasteiger partial charge in [-0.25, -0.2) is 14.3 Å². The monoisotopic (exact) mass is 372 g/mol. The number of aliphatic carboxylic acids is 1. The number of nitrogens with zero attached hydrogens (tertiary/aromatic N) is 2. The molecule has 2 aromatic rings. The number of urea groups is 1. The number of alkyl halides is 3. The van der Waals surface area contributed by atoms with E-state index in [0.717, 1.165) is 13.1 Å². The van der Waals surface area contributed by atoms with E-state index in [2.05, 4.69) is 5.10 Å². The van der Waals surface area contributed by atoms with E-state index in [4.69, 9.17) is 5.11 Å². The van der Waals surface area contributed by atoms with E-state index >= 15 is 0 Å². The summed E-state index contributed by atoms with van der Waals surface area (Å²) in [7, 11) is 0. The van der Waals surface area contributed by atoms with E-state index in [9.17, 15) is 27.9 Å². The molecule has 1 heterocycles. The van der Waals surface area contributed by atoms with Gasteiger partial charge in [0, 0.05) is 0 Å². The second kappa shape index (κ2) is 7.04. The summed E-state index contributed by atoms with van der Waals surface area (Å²) in [5, 5.41) is 25.9. The lowest BCUT2D eigenvalue weighted by Crippen LogP contribution is -2.47. The Bertz CT molecular complexity index is 803. The van der Waals surface area contributed by atoms with E-state index < -0.39 is 41.7 Å². The number of hydrogen-bond acceptors (Lipinski definition) is 4. The Labute approximate surface area is 145 Å². The van der Waals surface area contributed by atoms with Crippen molar-refractivity contribution in [2.45, 2.75) is 18.7 Å². The quantitative estimate of drug-likeness (QED) is 0.639. The lowest BCUT2D eigenvalue weighted by Gasteiger charge is -2.18.